The molecule has 0 fully saturated rings. The Morgan fingerprint density at radius 2 is 1.57 bits per heavy atom. The van der Waals surface area contributed by atoms with Gasteiger partial charge in [-0.1, -0.05) is 23.3 Å². The molecule has 0 spiro atoms. The molecule has 21 heavy (non-hydrogen) atoms. The van der Waals surface area contributed by atoms with Crippen LogP contribution in [0.1, 0.15) is 44.7 Å². The quantitative estimate of drug-likeness (QED) is 0.638. The van der Waals surface area contributed by atoms with Crippen LogP contribution in [0.2, 0.25) is 0 Å². The second-order valence-corrected chi connectivity index (χ2v) is 5.72. The summed E-state index contributed by atoms with van der Waals surface area (Å²) < 4.78 is 11.0. The van der Waals surface area contributed by atoms with Crippen molar-refractivity contribution < 1.29 is 9.47 Å². The van der Waals surface area contributed by atoms with Crippen molar-refractivity contribution in [3.8, 4) is 11.5 Å². The Morgan fingerprint density at radius 1 is 1.00 bits per heavy atom. The second kappa shape index (κ2) is 8.56. The lowest BCUT2D eigenvalue weighted by Gasteiger charge is -2.13. The van der Waals surface area contributed by atoms with E-state index in [1.807, 2.05) is 0 Å². The van der Waals surface area contributed by atoms with Gasteiger partial charge in [0.25, 0.3) is 0 Å². The number of hydrogen-bond acceptors (Lipinski definition) is 2. The molecule has 2 heteroatoms. The van der Waals surface area contributed by atoms with Crippen LogP contribution in [0.15, 0.2) is 35.4 Å². The minimum atomic E-state index is 0.841. The third-order valence-electron chi connectivity index (χ3n) is 3.50. The molecular formula is C19H28O2. The van der Waals surface area contributed by atoms with E-state index in [-0.39, 0.29) is 0 Å². The van der Waals surface area contributed by atoms with E-state index in [1.165, 1.54) is 11.1 Å². The van der Waals surface area contributed by atoms with E-state index in [9.17, 15) is 0 Å². The predicted molar refractivity (Wildman–Crippen MR) is 90.4 cm³/mol. The van der Waals surface area contributed by atoms with E-state index >= 15 is 0 Å². The van der Waals surface area contributed by atoms with E-state index in [0.717, 1.165) is 41.9 Å². The number of hydrogen-bond donors (Lipinski definition) is 0. The molecule has 0 bridgehead atoms. The molecule has 0 atom stereocenters. The highest BCUT2D eigenvalue weighted by atomic mass is 16.5. The summed E-state index contributed by atoms with van der Waals surface area (Å²) in [6.45, 7) is 8.52. The van der Waals surface area contributed by atoms with Crippen LogP contribution in [0.4, 0.5) is 0 Å². The molecule has 0 aromatic heterocycles. The van der Waals surface area contributed by atoms with Crippen LogP contribution in [0.5, 0.6) is 11.5 Å². The first kappa shape index (κ1) is 17.4. The zero-order valence-electron chi connectivity index (χ0n) is 14.2. The molecule has 1 aromatic carbocycles. The molecule has 0 saturated heterocycles. The van der Waals surface area contributed by atoms with Crippen molar-refractivity contribution in [1.82, 2.24) is 0 Å². The van der Waals surface area contributed by atoms with E-state index in [0.29, 0.717) is 0 Å². The highest BCUT2D eigenvalue weighted by Gasteiger charge is 2.10. The van der Waals surface area contributed by atoms with Crippen molar-refractivity contribution in [1.29, 1.82) is 0 Å². The van der Waals surface area contributed by atoms with Gasteiger partial charge in [0.2, 0.25) is 0 Å². The zero-order valence-corrected chi connectivity index (χ0v) is 14.2. The van der Waals surface area contributed by atoms with Gasteiger partial charge in [-0.05, 0) is 64.7 Å². The van der Waals surface area contributed by atoms with E-state index in [4.69, 9.17) is 9.47 Å². The molecule has 0 amide bonds. The summed E-state index contributed by atoms with van der Waals surface area (Å²) in [6, 6.07) is 4.12. The smallest absolute Gasteiger partial charge is 0.126 e. The predicted octanol–water partition coefficient (Wildman–Crippen LogP) is 5.25. The Morgan fingerprint density at radius 3 is 2.05 bits per heavy atom. The van der Waals surface area contributed by atoms with Gasteiger partial charge < -0.3 is 9.47 Å². The molecule has 0 radical (unpaired) electrons. The average Bonchev–Trinajstić information content (AvgIpc) is 2.44. The molecule has 0 unspecified atom stereocenters. The Bertz CT molecular complexity index is 495. The first-order valence-electron chi connectivity index (χ1n) is 7.48. The van der Waals surface area contributed by atoms with Crippen LogP contribution in [0, 0.1) is 6.92 Å². The first-order valence-corrected chi connectivity index (χ1v) is 7.48. The summed E-state index contributed by atoms with van der Waals surface area (Å²) in [7, 11) is 3.42. The second-order valence-electron chi connectivity index (χ2n) is 5.72. The summed E-state index contributed by atoms with van der Waals surface area (Å²) in [5, 5.41) is 0. The number of ether oxygens (including phenoxy) is 2. The Kier molecular flexibility index (Phi) is 7.07. The average molecular weight is 288 g/mol. The number of aryl methyl sites for hydroxylation is 1. The van der Waals surface area contributed by atoms with Crippen LogP contribution in [0.25, 0.3) is 0 Å². The van der Waals surface area contributed by atoms with Gasteiger partial charge >= 0.3 is 0 Å². The lowest BCUT2D eigenvalue weighted by Crippen LogP contribution is -1.97. The number of benzene rings is 1. The lowest BCUT2D eigenvalue weighted by atomic mass is 10.0. The molecule has 0 heterocycles. The largest absolute Gasteiger partial charge is 0.496 e. The Hall–Kier alpha value is -1.70. The van der Waals surface area contributed by atoms with Gasteiger partial charge in [-0.2, -0.15) is 0 Å². The molecule has 116 valence electrons. The van der Waals surface area contributed by atoms with Gasteiger partial charge in [0, 0.05) is 5.56 Å². The molecule has 0 saturated carbocycles. The standard InChI is InChI=1S/C19H28O2/c1-14(2)8-7-9-15(3)10-11-17-18(20-5)12-16(4)13-19(17)21-6/h8,10,12-13H,7,9,11H2,1-6H3. The van der Waals surface area contributed by atoms with Gasteiger partial charge in [-0.3, -0.25) is 0 Å². The number of rotatable bonds is 7. The maximum Gasteiger partial charge on any atom is 0.126 e. The van der Waals surface area contributed by atoms with Crippen molar-refractivity contribution in [2.45, 2.75) is 47.0 Å². The van der Waals surface area contributed by atoms with Crippen molar-refractivity contribution in [2.75, 3.05) is 14.2 Å². The molecule has 1 rings (SSSR count). The molecule has 0 aliphatic rings. The molecular weight excluding hydrogens is 260 g/mol. The third kappa shape index (κ3) is 5.66. The van der Waals surface area contributed by atoms with Crippen molar-refractivity contribution in [3.05, 3.63) is 46.6 Å². The minimum Gasteiger partial charge on any atom is -0.496 e. The summed E-state index contributed by atoms with van der Waals surface area (Å²) in [6.07, 6.45) is 7.60. The highest BCUT2D eigenvalue weighted by Crippen LogP contribution is 2.31. The van der Waals surface area contributed by atoms with Crippen molar-refractivity contribution in [2.24, 2.45) is 0 Å². The van der Waals surface area contributed by atoms with Crippen LogP contribution in [0.3, 0.4) is 0 Å². The Labute approximate surface area is 129 Å². The highest BCUT2D eigenvalue weighted by molar-refractivity contribution is 5.49. The van der Waals surface area contributed by atoms with Crippen molar-refractivity contribution >= 4 is 0 Å². The fourth-order valence-corrected chi connectivity index (χ4v) is 2.28. The monoisotopic (exact) mass is 288 g/mol. The maximum absolute atomic E-state index is 5.49. The zero-order chi connectivity index (χ0) is 15.8. The van der Waals surface area contributed by atoms with Crippen LogP contribution >= 0.6 is 0 Å². The minimum absolute atomic E-state index is 0.841. The molecule has 2 nitrogen and oxygen atoms in total. The normalized spacial score (nSPS) is 11.2. The summed E-state index contributed by atoms with van der Waals surface area (Å²) in [5.74, 6) is 1.81. The fourth-order valence-electron chi connectivity index (χ4n) is 2.28. The molecule has 1 aromatic rings. The first-order chi connectivity index (χ1) is 9.97. The van der Waals surface area contributed by atoms with Crippen LogP contribution in [-0.2, 0) is 6.42 Å². The number of allylic oxidation sites excluding steroid dienone is 4. The van der Waals surface area contributed by atoms with Crippen LogP contribution < -0.4 is 9.47 Å². The SMILES string of the molecule is COc1cc(C)cc(OC)c1CC=C(C)CCC=C(C)C. The van der Waals surface area contributed by atoms with Gasteiger partial charge in [0.05, 0.1) is 14.2 Å². The van der Waals surface area contributed by atoms with E-state index in [1.54, 1.807) is 14.2 Å². The van der Waals surface area contributed by atoms with Gasteiger partial charge in [0.1, 0.15) is 11.5 Å². The van der Waals surface area contributed by atoms with Gasteiger partial charge in [0.15, 0.2) is 0 Å². The molecule has 0 aliphatic heterocycles. The summed E-state index contributed by atoms with van der Waals surface area (Å²) in [4.78, 5) is 0. The summed E-state index contributed by atoms with van der Waals surface area (Å²) >= 11 is 0. The van der Waals surface area contributed by atoms with Gasteiger partial charge in [-0.25, -0.2) is 0 Å². The van der Waals surface area contributed by atoms with Crippen LogP contribution in [-0.4, -0.2) is 14.2 Å². The molecule has 0 N–H and O–H groups in total. The third-order valence-corrected chi connectivity index (χ3v) is 3.50. The maximum atomic E-state index is 5.49. The van der Waals surface area contributed by atoms with Gasteiger partial charge in [-0.15, -0.1) is 0 Å². The lowest BCUT2D eigenvalue weighted by molar-refractivity contribution is 0.386. The Balaban J connectivity index is 2.84. The summed E-state index contributed by atoms with van der Waals surface area (Å²) in [5.41, 5.74) is 5.05. The van der Waals surface area contributed by atoms with E-state index in [2.05, 4.69) is 52.0 Å². The topological polar surface area (TPSA) is 18.5 Å². The number of methoxy groups -OCH3 is 2. The molecule has 0 aliphatic carbocycles. The fraction of sp³-hybridized carbons (Fsp3) is 0.474. The van der Waals surface area contributed by atoms with Crippen molar-refractivity contribution in [3.63, 3.8) is 0 Å². The van der Waals surface area contributed by atoms with E-state index < -0.39 is 0 Å².